The van der Waals surface area contributed by atoms with Gasteiger partial charge in [0.1, 0.15) is 11.4 Å². The number of benzene rings is 1. The Hall–Kier alpha value is -1.62. The Bertz CT molecular complexity index is 505. The molecular formula is C17H24FNO3. The van der Waals surface area contributed by atoms with Crippen LogP contribution >= 0.6 is 0 Å². The zero-order valence-electron chi connectivity index (χ0n) is 13.5. The van der Waals surface area contributed by atoms with Gasteiger partial charge in [-0.25, -0.2) is 9.18 Å². The SMILES string of the molecule is CC(C)(C)OC(=O)N1CCC(OCc2ccccc2F)CC1. The van der Waals surface area contributed by atoms with Crippen LogP contribution in [0.2, 0.25) is 0 Å². The minimum Gasteiger partial charge on any atom is -0.444 e. The first-order chi connectivity index (χ1) is 10.3. The number of piperidine rings is 1. The second-order valence-electron chi connectivity index (χ2n) is 6.57. The van der Waals surface area contributed by atoms with Gasteiger partial charge in [0, 0.05) is 18.7 Å². The van der Waals surface area contributed by atoms with Crippen molar-refractivity contribution in [1.82, 2.24) is 4.90 Å². The van der Waals surface area contributed by atoms with Crippen LogP contribution in [0.15, 0.2) is 24.3 Å². The molecule has 0 bridgehead atoms. The van der Waals surface area contributed by atoms with Gasteiger partial charge in [-0.1, -0.05) is 18.2 Å². The van der Waals surface area contributed by atoms with Crippen molar-refractivity contribution in [2.45, 2.75) is 51.9 Å². The third kappa shape index (κ3) is 4.98. The average molecular weight is 309 g/mol. The second-order valence-corrected chi connectivity index (χ2v) is 6.57. The number of hydrogen-bond acceptors (Lipinski definition) is 3. The minimum absolute atomic E-state index is 0.0540. The number of halogens is 1. The number of carbonyl (C=O) groups is 1. The monoisotopic (exact) mass is 309 g/mol. The molecular weight excluding hydrogens is 285 g/mol. The second kappa shape index (κ2) is 7.09. The summed E-state index contributed by atoms with van der Waals surface area (Å²) in [6.07, 6.45) is 1.26. The highest BCUT2D eigenvalue weighted by atomic mass is 19.1. The lowest BCUT2D eigenvalue weighted by atomic mass is 10.1. The highest BCUT2D eigenvalue weighted by Crippen LogP contribution is 2.19. The summed E-state index contributed by atoms with van der Waals surface area (Å²) in [5, 5.41) is 0. The molecule has 0 aromatic heterocycles. The van der Waals surface area contributed by atoms with Gasteiger partial charge in [0.05, 0.1) is 12.7 Å². The molecule has 0 N–H and O–H groups in total. The lowest BCUT2D eigenvalue weighted by Gasteiger charge is -2.33. The van der Waals surface area contributed by atoms with Gasteiger partial charge >= 0.3 is 6.09 Å². The van der Waals surface area contributed by atoms with Crippen LogP contribution in [0.3, 0.4) is 0 Å². The first-order valence-corrected chi connectivity index (χ1v) is 7.68. The van der Waals surface area contributed by atoms with E-state index in [-0.39, 0.29) is 24.6 Å². The molecule has 0 spiro atoms. The molecule has 22 heavy (non-hydrogen) atoms. The van der Waals surface area contributed by atoms with E-state index in [9.17, 15) is 9.18 Å². The molecule has 1 amide bonds. The van der Waals surface area contributed by atoms with Crippen molar-refractivity contribution < 1.29 is 18.7 Å². The van der Waals surface area contributed by atoms with E-state index in [0.717, 1.165) is 12.8 Å². The van der Waals surface area contributed by atoms with Crippen LogP contribution in [-0.4, -0.2) is 35.8 Å². The van der Waals surface area contributed by atoms with Crippen molar-refractivity contribution >= 4 is 6.09 Å². The van der Waals surface area contributed by atoms with Crippen molar-refractivity contribution in [1.29, 1.82) is 0 Å². The maximum Gasteiger partial charge on any atom is 0.410 e. The summed E-state index contributed by atoms with van der Waals surface area (Å²) in [5.74, 6) is -0.242. The maximum absolute atomic E-state index is 13.5. The average Bonchev–Trinajstić information content (AvgIpc) is 2.45. The van der Waals surface area contributed by atoms with E-state index in [0.29, 0.717) is 18.7 Å². The molecule has 0 aliphatic carbocycles. The van der Waals surface area contributed by atoms with Crippen molar-refractivity contribution in [3.8, 4) is 0 Å². The van der Waals surface area contributed by atoms with E-state index < -0.39 is 5.60 Å². The molecule has 122 valence electrons. The summed E-state index contributed by atoms with van der Waals surface area (Å²) in [7, 11) is 0. The quantitative estimate of drug-likeness (QED) is 0.853. The van der Waals surface area contributed by atoms with Crippen molar-refractivity contribution in [3.05, 3.63) is 35.6 Å². The standard InChI is InChI=1S/C17H24FNO3/c1-17(2,3)22-16(20)19-10-8-14(9-11-19)21-12-13-6-4-5-7-15(13)18/h4-7,14H,8-12H2,1-3H3. The summed E-state index contributed by atoms with van der Waals surface area (Å²) in [4.78, 5) is 13.7. The highest BCUT2D eigenvalue weighted by Gasteiger charge is 2.27. The van der Waals surface area contributed by atoms with Gasteiger partial charge in [-0.05, 0) is 39.7 Å². The van der Waals surface area contributed by atoms with E-state index in [2.05, 4.69) is 0 Å². The number of amides is 1. The molecule has 1 aromatic carbocycles. The number of likely N-dealkylation sites (tertiary alicyclic amines) is 1. The van der Waals surface area contributed by atoms with Crippen LogP contribution in [0, 0.1) is 5.82 Å². The van der Waals surface area contributed by atoms with Gasteiger partial charge in [-0.15, -0.1) is 0 Å². The van der Waals surface area contributed by atoms with Crippen LogP contribution in [0.4, 0.5) is 9.18 Å². The number of nitrogens with zero attached hydrogens (tertiary/aromatic N) is 1. The molecule has 0 saturated carbocycles. The predicted octanol–water partition coefficient (Wildman–Crippen LogP) is 3.74. The van der Waals surface area contributed by atoms with E-state index in [1.54, 1.807) is 23.1 Å². The minimum atomic E-state index is -0.477. The Morgan fingerprint density at radius 1 is 1.27 bits per heavy atom. The van der Waals surface area contributed by atoms with Gasteiger partial charge < -0.3 is 14.4 Å². The van der Waals surface area contributed by atoms with Crippen molar-refractivity contribution in [3.63, 3.8) is 0 Å². The lowest BCUT2D eigenvalue weighted by molar-refractivity contribution is -0.0176. The molecule has 1 saturated heterocycles. The van der Waals surface area contributed by atoms with Gasteiger partial charge in [-0.3, -0.25) is 0 Å². The fraction of sp³-hybridized carbons (Fsp3) is 0.588. The third-order valence-corrected chi connectivity index (χ3v) is 3.53. The molecule has 1 heterocycles. The van der Waals surface area contributed by atoms with E-state index in [4.69, 9.17) is 9.47 Å². The summed E-state index contributed by atoms with van der Waals surface area (Å²) in [5.41, 5.74) is 0.0898. The first kappa shape index (κ1) is 16.7. The molecule has 1 fully saturated rings. The summed E-state index contributed by atoms with van der Waals surface area (Å²) < 4.78 is 24.6. The molecule has 4 nitrogen and oxygen atoms in total. The Kier molecular flexibility index (Phi) is 5.40. The lowest BCUT2D eigenvalue weighted by Crippen LogP contribution is -2.43. The van der Waals surface area contributed by atoms with E-state index in [1.807, 2.05) is 20.8 Å². The molecule has 2 rings (SSSR count). The van der Waals surface area contributed by atoms with Crippen molar-refractivity contribution in [2.24, 2.45) is 0 Å². The van der Waals surface area contributed by atoms with Gasteiger partial charge in [0.2, 0.25) is 0 Å². The molecule has 0 atom stereocenters. The smallest absolute Gasteiger partial charge is 0.410 e. The molecule has 1 aliphatic heterocycles. The summed E-state index contributed by atoms with van der Waals surface area (Å²) in [6.45, 7) is 7.05. The Labute approximate surface area is 131 Å². The van der Waals surface area contributed by atoms with Crippen LogP contribution in [0.25, 0.3) is 0 Å². The highest BCUT2D eigenvalue weighted by molar-refractivity contribution is 5.68. The predicted molar refractivity (Wildman–Crippen MR) is 82.0 cm³/mol. The summed E-state index contributed by atoms with van der Waals surface area (Å²) in [6, 6.07) is 6.62. The third-order valence-electron chi connectivity index (χ3n) is 3.53. The zero-order valence-corrected chi connectivity index (χ0v) is 13.5. The van der Waals surface area contributed by atoms with Crippen LogP contribution in [0.1, 0.15) is 39.2 Å². The topological polar surface area (TPSA) is 38.8 Å². The fourth-order valence-electron chi connectivity index (χ4n) is 2.35. The Balaban J connectivity index is 1.76. The van der Waals surface area contributed by atoms with Gasteiger partial charge in [-0.2, -0.15) is 0 Å². The van der Waals surface area contributed by atoms with E-state index in [1.165, 1.54) is 6.07 Å². The van der Waals surface area contributed by atoms with Crippen LogP contribution < -0.4 is 0 Å². The molecule has 5 heteroatoms. The Morgan fingerprint density at radius 3 is 2.50 bits per heavy atom. The molecule has 0 unspecified atom stereocenters. The van der Waals surface area contributed by atoms with E-state index >= 15 is 0 Å². The normalized spacial score (nSPS) is 16.6. The maximum atomic E-state index is 13.5. The van der Waals surface area contributed by atoms with Crippen LogP contribution in [0.5, 0.6) is 0 Å². The molecule has 0 radical (unpaired) electrons. The number of ether oxygens (including phenoxy) is 2. The number of carbonyl (C=O) groups excluding carboxylic acids is 1. The number of rotatable bonds is 3. The number of hydrogen-bond donors (Lipinski definition) is 0. The molecule has 1 aromatic rings. The van der Waals surface area contributed by atoms with Gasteiger partial charge in [0.25, 0.3) is 0 Å². The molecule has 1 aliphatic rings. The Morgan fingerprint density at radius 2 is 1.91 bits per heavy atom. The van der Waals surface area contributed by atoms with Crippen molar-refractivity contribution in [2.75, 3.05) is 13.1 Å². The van der Waals surface area contributed by atoms with Crippen LogP contribution in [-0.2, 0) is 16.1 Å². The first-order valence-electron chi connectivity index (χ1n) is 7.68. The summed E-state index contributed by atoms with van der Waals surface area (Å²) >= 11 is 0. The fourth-order valence-corrected chi connectivity index (χ4v) is 2.35. The zero-order chi connectivity index (χ0) is 16.2. The largest absolute Gasteiger partial charge is 0.444 e. The van der Waals surface area contributed by atoms with Gasteiger partial charge in [0.15, 0.2) is 0 Å².